The zero-order valence-corrected chi connectivity index (χ0v) is 18.8. The number of nitrogens with zero attached hydrogens (tertiary/aromatic N) is 3. The van der Waals surface area contributed by atoms with Crippen molar-refractivity contribution in [3.63, 3.8) is 0 Å². The zero-order chi connectivity index (χ0) is 21.6. The number of carbonyl (C=O) groups excluding carboxylic acids is 1. The topological polar surface area (TPSA) is 59.8 Å². The number of imidazole rings is 1. The molecule has 2 aromatic carbocycles. The predicted octanol–water partition coefficient (Wildman–Crippen LogP) is 5.57. The summed E-state index contributed by atoms with van der Waals surface area (Å²) >= 11 is 7.80. The molecule has 0 spiro atoms. The van der Waals surface area contributed by atoms with Crippen LogP contribution in [-0.4, -0.2) is 27.0 Å². The Hall–Kier alpha value is -2.83. The minimum Gasteiger partial charge on any atom is -0.352 e. The van der Waals surface area contributed by atoms with Crippen molar-refractivity contribution in [3.8, 4) is 0 Å². The molecule has 2 heterocycles. The summed E-state index contributed by atoms with van der Waals surface area (Å²) in [6.45, 7) is 3.37. The summed E-state index contributed by atoms with van der Waals surface area (Å²) in [5.41, 5.74) is 4.82. The van der Waals surface area contributed by atoms with Gasteiger partial charge in [0.25, 0.3) is 5.91 Å². The van der Waals surface area contributed by atoms with Crippen LogP contribution in [0.1, 0.15) is 34.8 Å². The molecule has 0 aliphatic carbocycles. The van der Waals surface area contributed by atoms with Crippen molar-refractivity contribution in [3.05, 3.63) is 88.7 Å². The molecule has 7 heteroatoms. The van der Waals surface area contributed by atoms with Gasteiger partial charge in [0.05, 0.1) is 23.8 Å². The highest BCUT2D eigenvalue weighted by Gasteiger charge is 2.13. The van der Waals surface area contributed by atoms with Gasteiger partial charge in [0.1, 0.15) is 0 Å². The van der Waals surface area contributed by atoms with Gasteiger partial charge in [0.2, 0.25) is 0 Å². The van der Waals surface area contributed by atoms with Crippen LogP contribution in [0.15, 0.2) is 72.1 Å². The largest absolute Gasteiger partial charge is 0.352 e. The third-order valence-corrected chi connectivity index (χ3v) is 6.15. The molecule has 5 nitrogen and oxygen atoms in total. The minimum absolute atomic E-state index is 0.0385. The molecule has 0 unspecified atom stereocenters. The molecule has 0 fully saturated rings. The number of fused-ring (bicyclic) bond motifs is 1. The van der Waals surface area contributed by atoms with Crippen LogP contribution in [0.4, 0.5) is 0 Å². The first kappa shape index (κ1) is 21.4. The Morgan fingerprint density at radius 3 is 2.74 bits per heavy atom. The minimum atomic E-state index is -0.0385. The van der Waals surface area contributed by atoms with Crippen molar-refractivity contribution in [2.24, 2.45) is 0 Å². The monoisotopic (exact) mass is 450 g/mol. The van der Waals surface area contributed by atoms with Gasteiger partial charge in [-0.3, -0.25) is 9.78 Å². The van der Waals surface area contributed by atoms with Gasteiger partial charge in [-0.15, -0.1) is 0 Å². The van der Waals surface area contributed by atoms with E-state index in [1.54, 1.807) is 18.0 Å². The van der Waals surface area contributed by atoms with E-state index >= 15 is 0 Å². The van der Waals surface area contributed by atoms with E-state index in [1.165, 1.54) is 0 Å². The maximum Gasteiger partial charge on any atom is 0.251 e. The van der Waals surface area contributed by atoms with Gasteiger partial charge < -0.3 is 9.88 Å². The summed E-state index contributed by atoms with van der Waals surface area (Å²) in [7, 11) is 0. The number of rotatable bonds is 8. The van der Waals surface area contributed by atoms with Crippen molar-refractivity contribution in [1.82, 2.24) is 19.9 Å². The second kappa shape index (κ2) is 9.98. The van der Waals surface area contributed by atoms with Gasteiger partial charge in [0.15, 0.2) is 5.16 Å². The Morgan fingerprint density at radius 1 is 1.13 bits per heavy atom. The number of hydrogen-bond donors (Lipinski definition) is 1. The van der Waals surface area contributed by atoms with E-state index in [1.807, 2.05) is 61.7 Å². The van der Waals surface area contributed by atoms with Crippen molar-refractivity contribution in [2.45, 2.75) is 30.8 Å². The summed E-state index contributed by atoms with van der Waals surface area (Å²) in [5, 5.41) is 4.57. The predicted molar refractivity (Wildman–Crippen MR) is 127 cm³/mol. The van der Waals surface area contributed by atoms with Gasteiger partial charge in [-0.1, -0.05) is 54.6 Å². The lowest BCUT2D eigenvalue weighted by molar-refractivity contribution is 0.0953. The molecular formula is C24H23ClN4OS. The molecule has 2 aromatic heterocycles. The molecule has 158 valence electrons. The second-order valence-corrected chi connectivity index (χ2v) is 8.60. The number of nitrogens with one attached hydrogen (secondary N) is 1. The number of carbonyl (C=O) groups is 1. The van der Waals surface area contributed by atoms with Crippen LogP contribution in [0.2, 0.25) is 5.02 Å². The lowest BCUT2D eigenvalue weighted by atomic mass is 10.1. The van der Waals surface area contributed by atoms with Gasteiger partial charge in [-0.2, -0.15) is 0 Å². The van der Waals surface area contributed by atoms with Crippen LogP contribution in [0.25, 0.3) is 11.0 Å². The first-order valence-corrected chi connectivity index (χ1v) is 11.5. The van der Waals surface area contributed by atoms with Gasteiger partial charge >= 0.3 is 0 Å². The molecule has 1 amide bonds. The quantitative estimate of drug-likeness (QED) is 0.357. The Kier molecular flexibility index (Phi) is 6.89. The summed E-state index contributed by atoms with van der Waals surface area (Å²) in [4.78, 5) is 21.3. The molecular weight excluding hydrogens is 428 g/mol. The molecule has 0 aliphatic rings. The summed E-state index contributed by atoms with van der Waals surface area (Å²) in [6, 6.07) is 17.5. The van der Waals surface area contributed by atoms with E-state index < -0.39 is 0 Å². The molecule has 31 heavy (non-hydrogen) atoms. The Morgan fingerprint density at radius 2 is 1.97 bits per heavy atom. The fourth-order valence-electron chi connectivity index (χ4n) is 3.27. The van der Waals surface area contributed by atoms with Crippen molar-refractivity contribution < 1.29 is 4.79 Å². The van der Waals surface area contributed by atoms with Crippen LogP contribution in [0.3, 0.4) is 0 Å². The van der Waals surface area contributed by atoms with E-state index in [2.05, 4.69) is 20.9 Å². The highest BCUT2D eigenvalue weighted by Crippen LogP contribution is 2.28. The summed E-state index contributed by atoms with van der Waals surface area (Å²) < 4.78 is 2.17. The molecule has 0 atom stereocenters. The maximum atomic E-state index is 12.2. The Bertz CT molecular complexity index is 1190. The van der Waals surface area contributed by atoms with E-state index in [0.29, 0.717) is 18.7 Å². The number of benzene rings is 2. The standard InChI is InChI=1S/C24H23ClN4OS/c1-2-11-27-23(30)19-8-6-17(7-9-19)15-29-22-14-26-12-10-21(22)28-24(29)31-16-18-4-3-5-20(25)13-18/h3-10,12-14H,2,11,15-16H2,1H3,(H,27,30). The smallest absolute Gasteiger partial charge is 0.251 e. The van der Waals surface area contributed by atoms with Crippen LogP contribution in [-0.2, 0) is 12.3 Å². The van der Waals surface area contributed by atoms with Gasteiger partial charge in [-0.05, 0) is 47.9 Å². The van der Waals surface area contributed by atoms with Crippen LogP contribution in [0.5, 0.6) is 0 Å². The first-order chi connectivity index (χ1) is 15.1. The third-order valence-electron chi connectivity index (χ3n) is 4.86. The second-order valence-electron chi connectivity index (χ2n) is 7.22. The lowest BCUT2D eigenvalue weighted by Gasteiger charge is -2.10. The van der Waals surface area contributed by atoms with Gasteiger partial charge in [-0.25, -0.2) is 4.98 Å². The number of aromatic nitrogens is 3. The molecule has 0 radical (unpaired) electrons. The maximum absolute atomic E-state index is 12.2. The SMILES string of the molecule is CCCNC(=O)c1ccc(Cn2c(SCc3cccc(Cl)c3)nc3ccncc32)cc1. The lowest BCUT2D eigenvalue weighted by Crippen LogP contribution is -2.23. The highest BCUT2D eigenvalue weighted by molar-refractivity contribution is 7.98. The highest BCUT2D eigenvalue weighted by atomic mass is 35.5. The van der Waals surface area contributed by atoms with Crippen LogP contribution < -0.4 is 5.32 Å². The van der Waals surface area contributed by atoms with Crippen LogP contribution >= 0.6 is 23.4 Å². The van der Waals surface area contributed by atoms with Crippen molar-refractivity contribution >= 4 is 40.3 Å². The van der Waals surface area contributed by atoms with E-state index in [0.717, 1.165) is 44.5 Å². The number of hydrogen-bond acceptors (Lipinski definition) is 4. The van der Waals surface area contributed by atoms with Crippen LogP contribution in [0, 0.1) is 0 Å². The fourth-order valence-corrected chi connectivity index (χ4v) is 4.44. The average Bonchev–Trinajstić information content (AvgIpc) is 3.14. The molecule has 0 saturated carbocycles. The average molecular weight is 451 g/mol. The molecule has 0 bridgehead atoms. The van der Waals surface area contributed by atoms with E-state index in [4.69, 9.17) is 16.6 Å². The Labute approximate surface area is 190 Å². The molecule has 4 aromatic rings. The molecule has 0 saturated heterocycles. The third kappa shape index (κ3) is 5.27. The normalized spacial score (nSPS) is 11.0. The summed E-state index contributed by atoms with van der Waals surface area (Å²) in [5.74, 6) is 0.733. The molecule has 0 aliphatic heterocycles. The molecule has 4 rings (SSSR count). The van der Waals surface area contributed by atoms with Gasteiger partial charge in [0, 0.05) is 29.1 Å². The van der Waals surface area contributed by atoms with Crippen molar-refractivity contribution in [1.29, 1.82) is 0 Å². The number of halogens is 1. The number of thioether (sulfide) groups is 1. The molecule has 1 N–H and O–H groups in total. The van der Waals surface area contributed by atoms with E-state index in [-0.39, 0.29) is 5.91 Å². The fraction of sp³-hybridized carbons (Fsp3) is 0.208. The zero-order valence-electron chi connectivity index (χ0n) is 17.2. The number of pyridine rings is 1. The summed E-state index contributed by atoms with van der Waals surface area (Å²) in [6.07, 6.45) is 4.52. The first-order valence-electron chi connectivity index (χ1n) is 10.2. The van der Waals surface area contributed by atoms with E-state index in [9.17, 15) is 4.79 Å². The van der Waals surface area contributed by atoms with Crippen molar-refractivity contribution in [2.75, 3.05) is 6.54 Å². The Balaban J connectivity index is 1.56. The number of amides is 1.